The summed E-state index contributed by atoms with van der Waals surface area (Å²) >= 11 is 0. The molecule has 0 aliphatic rings. The van der Waals surface area contributed by atoms with Gasteiger partial charge in [-0.1, -0.05) is 0 Å². The van der Waals surface area contributed by atoms with Gasteiger partial charge >= 0.3 is 7.65 Å². The molecule has 1 aromatic rings. The van der Waals surface area contributed by atoms with Crippen LogP contribution in [0.3, 0.4) is 0 Å². The van der Waals surface area contributed by atoms with E-state index in [4.69, 9.17) is 0 Å². The Bertz CT molecular complexity index is 175. The summed E-state index contributed by atoms with van der Waals surface area (Å²) in [4.78, 5) is 0. The summed E-state index contributed by atoms with van der Waals surface area (Å²) in [5.74, 6) is 1.51. The zero-order chi connectivity index (χ0) is 5.11. The Morgan fingerprint density at radius 2 is 2.29 bits per heavy atom. The van der Waals surface area contributed by atoms with Crippen LogP contribution < -0.4 is 0 Å². The predicted molar refractivity (Wildman–Crippen MR) is 26.3 cm³/mol. The smallest absolute Gasteiger partial charge is 0.259 e. The Balaban J connectivity index is 3.28. The topological polar surface area (TPSA) is 30.2 Å². The van der Waals surface area contributed by atoms with Crippen molar-refractivity contribution in [2.45, 2.75) is 0 Å². The highest BCUT2D eigenvalue weighted by Crippen LogP contribution is 2.07. The number of hydrogen-bond donors (Lipinski definition) is 0. The molecule has 0 saturated carbocycles. The van der Waals surface area contributed by atoms with Crippen LogP contribution in [-0.4, -0.2) is 0 Å². The molecule has 36 valence electrons. The van der Waals surface area contributed by atoms with Crippen molar-refractivity contribution in [3.63, 3.8) is 0 Å². The van der Waals surface area contributed by atoms with E-state index in [2.05, 4.69) is 4.20 Å². The summed E-state index contributed by atoms with van der Waals surface area (Å²) in [5.41, 5.74) is 0. The number of rotatable bonds is 0. The fourth-order valence-corrected chi connectivity index (χ4v) is 0.796. The first-order chi connectivity index (χ1) is 3.39. The molecule has 0 aliphatic heterocycles. The Labute approximate surface area is 41.6 Å². The zero-order valence-corrected chi connectivity index (χ0v) is 4.47. The van der Waals surface area contributed by atoms with Crippen LogP contribution in [0.4, 0.5) is 0 Å². The van der Waals surface area contributed by atoms with Crippen molar-refractivity contribution in [2.75, 3.05) is 0 Å². The quantitative estimate of drug-likeness (QED) is 0.517. The van der Waals surface area contributed by atoms with Gasteiger partial charge in [-0.3, -0.25) is 4.20 Å². The van der Waals surface area contributed by atoms with Crippen LogP contribution in [0.2, 0.25) is 0 Å². The van der Waals surface area contributed by atoms with Crippen molar-refractivity contribution >= 4 is 7.65 Å². The lowest BCUT2D eigenvalue weighted by Gasteiger charge is -1.59. The van der Waals surface area contributed by atoms with Crippen molar-refractivity contribution in [1.29, 1.82) is 0 Å². The van der Waals surface area contributed by atoms with Crippen molar-refractivity contribution in [2.24, 2.45) is 0 Å². The van der Waals surface area contributed by atoms with Gasteiger partial charge in [-0.05, 0) is 16.7 Å². The largest absolute Gasteiger partial charge is 0.588 e. The van der Waals surface area contributed by atoms with Crippen molar-refractivity contribution in [1.82, 2.24) is 0 Å². The van der Waals surface area contributed by atoms with Gasteiger partial charge < -0.3 is 0 Å². The van der Waals surface area contributed by atoms with Crippen molar-refractivity contribution in [3.05, 3.63) is 24.2 Å². The third kappa shape index (κ3) is 1.13. The van der Waals surface area contributed by atoms with Gasteiger partial charge in [0.05, 0.1) is 0 Å². The third-order valence-corrected chi connectivity index (χ3v) is 1.31. The van der Waals surface area contributed by atoms with Gasteiger partial charge in [0.2, 0.25) is 0 Å². The molecule has 0 bridgehead atoms. The molecular formula is C4H4O2P+. The minimum absolute atomic E-state index is 1.42. The van der Waals surface area contributed by atoms with Crippen LogP contribution in [0.15, 0.2) is 28.4 Å². The summed E-state index contributed by atoms with van der Waals surface area (Å²) in [6, 6.07) is 3.39. The van der Waals surface area contributed by atoms with E-state index in [1.54, 1.807) is 12.1 Å². The summed E-state index contributed by atoms with van der Waals surface area (Å²) in [6.45, 7) is 0. The average Bonchev–Trinajstić information content (AvgIpc) is 1.69. The average molecular weight is 115 g/mol. The Morgan fingerprint density at radius 1 is 1.43 bits per heavy atom. The molecule has 0 N–H and O–H groups in total. The van der Waals surface area contributed by atoms with E-state index in [1.165, 1.54) is 12.1 Å². The van der Waals surface area contributed by atoms with Crippen LogP contribution in [0.25, 0.3) is 0 Å². The highest BCUT2D eigenvalue weighted by atomic mass is 31.1. The maximum atomic E-state index is 10.3. The molecule has 2 nitrogen and oxygen atoms in total. The second-order valence-electron chi connectivity index (χ2n) is 1.06. The highest BCUT2D eigenvalue weighted by molar-refractivity contribution is 7.28. The van der Waals surface area contributed by atoms with Crippen LogP contribution in [0.5, 0.6) is 0 Å². The molecule has 0 spiro atoms. The van der Waals surface area contributed by atoms with Gasteiger partial charge in [-0.15, -0.1) is 0 Å². The fraction of sp³-hybridized carbons (Fsp3) is 0. The Hall–Kier alpha value is -0.620. The minimum atomic E-state index is -1.51. The molecule has 1 atom stereocenters. The minimum Gasteiger partial charge on any atom is -0.259 e. The molecule has 0 aromatic carbocycles. The first-order valence-corrected chi connectivity index (χ1v) is 3.11. The molecule has 0 amide bonds. The van der Waals surface area contributed by atoms with Gasteiger partial charge in [-0.25, -0.2) is 0 Å². The van der Waals surface area contributed by atoms with Crippen LogP contribution in [0, 0.1) is 0 Å². The van der Waals surface area contributed by atoms with Crippen molar-refractivity contribution in [3.8, 4) is 0 Å². The fourth-order valence-electron chi connectivity index (χ4n) is 0.296. The van der Waals surface area contributed by atoms with Gasteiger partial charge in [-0.2, -0.15) is 0 Å². The highest BCUT2D eigenvalue weighted by Gasteiger charge is 1.89. The molecule has 1 unspecified atom stereocenters. The molecule has 1 heterocycles. The molecule has 0 fully saturated rings. The van der Waals surface area contributed by atoms with Gasteiger partial charge in [0.1, 0.15) is 0 Å². The monoisotopic (exact) mass is 115 g/mol. The predicted octanol–water partition coefficient (Wildman–Crippen LogP) is 2.02. The molecular weight excluding hydrogens is 111 g/mol. The zero-order valence-electron chi connectivity index (χ0n) is 3.57. The van der Waals surface area contributed by atoms with E-state index in [-0.39, 0.29) is 0 Å². The van der Waals surface area contributed by atoms with Crippen molar-refractivity contribution < 1.29 is 8.76 Å². The van der Waals surface area contributed by atoms with E-state index in [1.807, 2.05) is 0 Å². The second-order valence-corrected chi connectivity index (χ2v) is 2.14. The van der Waals surface area contributed by atoms with Gasteiger partial charge in [0, 0.05) is 0 Å². The first kappa shape index (κ1) is 4.54. The van der Waals surface area contributed by atoms with Crippen LogP contribution in [0.1, 0.15) is 0 Å². The summed E-state index contributed by atoms with van der Waals surface area (Å²) < 4.78 is 14.8. The van der Waals surface area contributed by atoms with Gasteiger partial charge in [0.15, 0.2) is 12.1 Å². The maximum Gasteiger partial charge on any atom is 0.588 e. The van der Waals surface area contributed by atoms with E-state index in [0.29, 0.717) is 0 Å². The van der Waals surface area contributed by atoms with Gasteiger partial charge in [0.25, 0.3) is 0 Å². The summed E-state index contributed by atoms with van der Waals surface area (Å²) in [6.07, 6.45) is 1.42. The van der Waals surface area contributed by atoms with E-state index in [9.17, 15) is 4.57 Å². The molecule has 0 saturated heterocycles. The van der Waals surface area contributed by atoms with E-state index in [0.717, 1.165) is 0 Å². The molecule has 1 rings (SSSR count). The Morgan fingerprint density at radius 3 is 2.57 bits per heavy atom. The number of hydrogen-bond acceptors (Lipinski definition) is 2. The Kier molecular flexibility index (Phi) is 1.23. The molecule has 1 aromatic heterocycles. The van der Waals surface area contributed by atoms with E-state index >= 15 is 0 Å². The van der Waals surface area contributed by atoms with E-state index < -0.39 is 7.65 Å². The van der Waals surface area contributed by atoms with Crippen LogP contribution in [-0.2, 0) is 4.57 Å². The second kappa shape index (κ2) is 1.90. The standard InChI is InChI=1S/C4H4O2P/c5-7-4-2-1-3-6-7/h1-4H/q+1. The lowest BCUT2D eigenvalue weighted by molar-refractivity contribution is 0.548. The third-order valence-electron chi connectivity index (χ3n) is 0.562. The summed E-state index contributed by atoms with van der Waals surface area (Å²) in [5, 5.41) is 0. The molecule has 3 heteroatoms. The maximum absolute atomic E-state index is 10.3. The normalized spacial score (nSPS) is 11.1. The molecule has 0 aliphatic carbocycles. The lowest BCUT2D eigenvalue weighted by Crippen LogP contribution is -1.43. The summed E-state index contributed by atoms with van der Waals surface area (Å²) in [7, 11) is -1.51. The molecule has 0 radical (unpaired) electrons. The lowest BCUT2D eigenvalue weighted by atomic mass is 10.7. The first-order valence-electron chi connectivity index (χ1n) is 1.86. The SMILES string of the molecule is O=[p+]1cccco1. The molecule has 7 heavy (non-hydrogen) atoms. The van der Waals surface area contributed by atoms with Crippen LogP contribution >= 0.6 is 7.65 Å².